The molecular formula is C15H13F3N2O. The molecule has 0 heterocycles. The van der Waals surface area contributed by atoms with Gasteiger partial charge in [-0.1, -0.05) is 6.07 Å². The Bertz CT molecular complexity index is 706. The van der Waals surface area contributed by atoms with Gasteiger partial charge in [0.2, 0.25) is 0 Å². The minimum absolute atomic E-state index is 0.378. The molecule has 0 unspecified atom stereocenters. The molecule has 2 rings (SSSR count). The summed E-state index contributed by atoms with van der Waals surface area (Å²) in [5, 5.41) is 2.42. The van der Waals surface area contributed by atoms with E-state index in [1.54, 1.807) is 26.0 Å². The summed E-state index contributed by atoms with van der Waals surface area (Å²) in [4.78, 5) is 12.0. The van der Waals surface area contributed by atoms with E-state index in [9.17, 15) is 18.0 Å². The highest BCUT2D eigenvalue weighted by molar-refractivity contribution is 6.05. The number of hydrogen-bond donors (Lipinski definition) is 2. The van der Waals surface area contributed by atoms with Crippen LogP contribution in [0.15, 0.2) is 24.3 Å². The van der Waals surface area contributed by atoms with Gasteiger partial charge in [0.15, 0.2) is 0 Å². The molecule has 0 bridgehead atoms. The first-order chi connectivity index (χ1) is 9.81. The number of nitrogens with two attached hydrogens (primary N) is 1. The molecule has 0 radical (unpaired) electrons. The summed E-state index contributed by atoms with van der Waals surface area (Å²) in [6.45, 7) is 3.40. The van der Waals surface area contributed by atoms with Gasteiger partial charge in [0.1, 0.15) is 23.0 Å². The molecule has 110 valence electrons. The molecular weight excluding hydrogens is 281 g/mol. The predicted molar refractivity (Wildman–Crippen MR) is 74.6 cm³/mol. The average molecular weight is 294 g/mol. The zero-order chi connectivity index (χ0) is 15.7. The highest BCUT2D eigenvalue weighted by atomic mass is 19.1. The van der Waals surface area contributed by atoms with Crippen LogP contribution in [0.2, 0.25) is 0 Å². The quantitative estimate of drug-likeness (QED) is 0.832. The van der Waals surface area contributed by atoms with Crippen molar-refractivity contribution in [3.05, 3.63) is 58.4 Å². The molecule has 3 N–H and O–H groups in total. The van der Waals surface area contributed by atoms with Crippen LogP contribution >= 0.6 is 0 Å². The van der Waals surface area contributed by atoms with E-state index < -0.39 is 28.9 Å². The van der Waals surface area contributed by atoms with E-state index in [0.29, 0.717) is 34.6 Å². The maximum atomic E-state index is 13.6. The minimum Gasteiger partial charge on any atom is -0.398 e. The summed E-state index contributed by atoms with van der Waals surface area (Å²) < 4.78 is 40.0. The predicted octanol–water partition coefficient (Wildman–Crippen LogP) is 3.56. The fraction of sp³-hybridized carbons (Fsp3) is 0.133. The van der Waals surface area contributed by atoms with Crippen molar-refractivity contribution in [2.75, 3.05) is 11.1 Å². The number of nitrogen functional groups attached to an aromatic ring is 1. The van der Waals surface area contributed by atoms with Gasteiger partial charge in [0, 0.05) is 23.5 Å². The van der Waals surface area contributed by atoms with E-state index in [-0.39, 0.29) is 0 Å². The standard InChI is InChI=1S/C15H13F3N2O/c1-7-3-4-12(19)8(2)14(7)20-15(21)13-10(17)5-9(16)6-11(13)18/h3-6H,19H2,1-2H3,(H,20,21). The number of benzene rings is 2. The van der Waals surface area contributed by atoms with E-state index in [1.807, 2.05) is 0 Å². The molecule has 1 amide bonds. The Kier molecular flexibility index (Phi) is 3.88. The lowest BCUT2D eigenvalue weighted by molar-refractivity contribution is 0.101. The fourth-order valence-corrected chi connectivity index (χ4v) is 1.99. The average Bonchev–Trinajstić information content (AvgIpc) is 2.38. The molecule has 0 saturated carbocycles. The summed E-state index contributed by atoms with van der Waals surface area (Å²) in [5.41, 5.74) is 7.00. The Labute approximate surface area is 119 Å². The highest BCUT2D eigenvalue weighted by Crippen LogP contribution is 2.26. The Morgan fingerprint density at radius 3 is 2.24 bits per heavy atom. The smallest absolute Gasteiger partial charge is 0.261 e. The lowest BCUT2D eigenvalue weighted by Gasteiger charge is -2.14. The van der Waals surface area contributed by atoms with Gasteiger partial charge in [0.05, 0.1) is 0 Å². The first kappa shape index (κ1) is 14.9. The largest absolute Gasteiger partial charge is 0.398 e. The third-order valence-electron chi connectivity index (χ3n) is 3.19. The number of hydrogen-bond acceptors (Lipinski definition) is 2. The monoisotopic (exact) mass is 294 g/mol. The molecule has 0 saturated heterocycles. The summed E-state index contributed by atoms with van der Waals surface area (Å²) in [5.74, 6) is -4.60. The van der Waals surface area contributed by atoms with Gasteiger partial charge in [-0.2, -0.15) is 0 Å². The zero-order valence-electron chi connectivity index (χ0n) is 11.4. The van der Waals surface area contributed by atoms with Crippen LogP contribution in [0, 0.1) is 31.3 Å². The van der Waals surface area contributed by atoms with E-state index in [4.69, 9.17) is 5.73 Å². The van der Waals surface area contributed by atoms with Crippen molar-refractivity contribution in [2.45, 2.75) is 13.8 Å². The third kappa shape index (κ3) is 2.84. The molecule has 0 aromatic heterocycles. The molecule has 0 fully saturated rings. The molecule has 21 heavy (non-hydrogen) atoms. The molecule has 0 atom stereocenters. The number of carbonyl (C=O) groups is 1. The Morgan fingerprint density at radius 2 is 1.67 bits per heavy atom. The third-order valence-corrected chi connectivity index (χ3v) is 3.19. The molecule has 0 aliphatic heterocycles. The molecule has 3 nitrogen and oxygen atoms in total. The first-order valence-corrected chi connectivity index (χ1v) is 6.13. The van der Waals surface area contributed by atoms with Crippen molar-refractivity contribution in [3.63, 3.8) is 0 Å². The second-order valence-corrected chi connectivity index (χ2v) is 4.67. The number of carbonyl (C=O) groups excluding carboxylic acids is 1. The highest BCUT2D eigenvalue weighted by Gasteiger charge is 2.20. The number of amides is 1. The fourth-order valence-electron chi connectivity index (χ4n) is 1.99. The van der Waals surface area contributed by atoms with Gasteiger partial charge in [-0.05, 0) is 31.0 Å². The van der Waals surface area contributed by atoms with Crippen molar-refractivity contribution >= 4 is 17.3 Å². The lowest BCUT2D eigenvalue weighted by Crippen LogP contribution is -2.18. The maximum Gasteiger partial charge on any atom is 0.261 e. The summed E-state index contributed by atoms with van der Waals surface area (Å²) in [6, 6.07) is 4.25. The van der Waals surface area contributed by atoms with Gasteiger partial charge in [-0.3, -0.25) is 4.79 Å². The number of aryl methyl sites for hydroxylation is 1. The van der Waals surface area contributed by atoms with Crippen LogP contribution in [0.4, 0.5) is 24.5 Å². The topological polar surface area (TPSA) is 55.1 Å². The number of anilines is 2. The van der Waals surface area contributed by atoms with Gasteiger partial charge < -0.3 is 11.1 Å². The van der Waals surface area contributed by atoms with Crippen molar-refractivity contribution in [3.8, 4) is 0 Å². The Balaban J connectivity index is 2.42. The lowest BCUT2D eigenvalue weighted by atomic mass is 10.1. The second-order valence-electron chi connectivity index (χ2n) is 4.67. The second kappa shape index (κ2) is 5.47. The summed E-state index contributed by atoms with van der Waals surface area (Å²) in [7, 11) is 0. The van der Waals surface area contributed by atoms with Crippen LogP contribution in [0.5, 0.6) is 0 Å². The molecule has 0 spiro atoms. The maximum absolute atomic E-state index is 13.6. The van der Waals surface area contributed by atoms with Crippen molar-refractivity contribution in [1.82, 2.24) is 0 Å². The normalized spacial score (nSPS) is 10.5. The van der Waals surface area contributed by atoms with Crippen LogP contribution in [-0.4, -0.2) is 5.91 Å². The first-order valence-electron chi connectivity index (χ1n) is 6.13. The summed E-state index contributed by atoms with van der Waals surface area (Å²) in [6.07, 6.45) is 0. The SMILES string of the molecule is Cc1ccc(N)c(C)c1NC(=O)c1c(F)cc(F)cc1F. The molecule has 6 heteroatoms. The number of nitrogens with one attached hydrogen (secondary N) is 1. The Hall–Kier alpha value is -2.50. The van der Waals surface area contributed by atoms with E-state index in [1.165, 1.54) is 0 Å². The zero-order valence-corrected chi connectivity index (χ0v) is 11.4. The van der Waals surface area contributed by atoms with Crippen LogP contribution < -0.4 is 11.1 Å². The summed E-state index contributed by atoms with van der Waals surface area (Å²) >= 11 is 0. The van der Waals surface area contributed by atoms with Crippen LogP contribution in [-0.2, 0) is 0 Å². The van der Waals surface area contributed by atoms with Crippen LogP contribution in [0.1, 0.15) is 21.5 Å². The van der Waals surface area contributed by atoms with Gasteiger partial charge >= 0.3 is 0 Å². The Morgan fingerprint density at radius 1 is 1.10 bits per heavy atom. The van der Waals surface area contributed by atoms with Gasteiger partial charge in [0.25, 0.3) is 5.91 Å². The van der Waals surface area contributed by atoms with E-state index >= 15 is 0 Å². The van der Waals surface area contributed by atoms with Crippen molar-refractivity contribution in [1.29, 1.82) is 0 Å². The van der Waals surface area contributed by atoms with Gasteiger partial charge in [-0.25, -0.2) is 13.2 Å². The van der Waals surface area contributed by atoms with Crippen LogP contribution in [0.3, 0.4) is 0 Å². The van der Waals surface area contributed by atoms with E-state index in [2.05, 4.69) is 5.32 Å². The van der Waals surface area contributed by atoms with Gasteiger partial charge in [-0.15, -0.1) is 0 Å². The number of rotatable bonds is 2. The van der Waals surface area contributed by atoms with Crippen molar-refractivity contribution in [2.24, 2.45) is 0 Å². The molecule has 2 aromatic rings. The van der Waals surface area contributed by atoms with Crippen LogP contribution in [0.25, 0.3) is 0 Å². The molecule has 0 aliphatic carbocycles. The minimum atomic E-state index is -1.26. The molecule has 2 aromatic carbocycles. The van der Waals surface area contributed by atoms with Crippen molar-refractivity contribution < 1.29 is 18.0 Å². The molecule has 0 aliphatic rings. The number of halogens is 3. The van der Waals surface area contributed by atoms with E-state index in [0.717, 1.165) is 0 Å².